The van der Waals surface area contributed by atoms with E-state index in [1.54, 1.807) is 0 Å². The Bertz CT molecular complexity index is 1570. The smallest absolute Gasteiger partial charge is 0.335 e. The highest BCUT2D eigenvalue weighted by molar-refractivity contribution is 5.91. The van der Waals surface area contributed by atoms with E-state index in [0.29, 0.717) is 19.3 Å². The summed E-state index contributed by atoms with van der Waals surface area (Å²) in [6.07, 6.45) is 61.9. The Kier molecular flexibility index (Phi) is 42.8. The molecule has 0 unspecified atom stereocenters. The highest BCUT2D eigenvalue weighted by Crippen LogP contribution is 2.40. The largest absolute Gasteiger partial charge is 0.478 e. The number of allylic oxidation sites excluding steroid dienone is 12. The summed E-state index contributed by atoms with van der Waals surface area (Å²) in [6.45, 7) is 6.66. The first kappa shape index (κ1) is 62.6. The quantitative estimate of drug-likeness (QED) is 0.0297. The van der Waals surface area contributed by atoms with Crippen LogP contribution in [0.25, 0.3) is 0 Å². The molecule has 0 radical (unpaired) electrons. The molecule has 8 heteroatoms. The van der Waals surface area contributed by atoms with Crippen LogP contribution in [0, 0.1) is 0 Å². The Balaban J connectivity index is 2.75. The first-order valence-corrected chi connectivity index (χ1v) is 27.8. The van der Waals surface area contributed by atoms with Gasteiger partial charge in [-0.2, -0.15) is 0 Å². The highest BCUT2D eigenvalue weighted by atomic mass is 16.6. The lowest BCUT2D eigenvalue weighted by molar-refractivity contribution is -0.138. The molecule has 0 atom stereocenters. The van der Waals surface area contributed by atoms with Crippen LogP contribution in [0.4, 0.5) is 0 Å². The van der Waals surface area contributed by atoms with Gasteiger partial charge in [-0.25, -0.2) is 4.79 Å². The number of hydrogen-bond donors (Lipinski definition) is 1. The molecule has 0 spiro atoms. The molecule has 0 aliphatic rings. The fourth-order valence-corrected chi connectivity index (χ4v) is 7.71. The van der Waals surface area contributed by atoms with Crippen LogP contribution in [0.15, 0.2) is 85.0 Å². The second kappa shape index (κ2) is 47.2. The lowest BCUT2D eigenvalue weighted by Crippen LogP contribution is -2.16. The van der Waals surface area contributed by atoms with E-state index in [9.17, 15) is 24.3 Å². The third kappa shape index (κ3) is 39.0. The van der Waals surface area contributed by atoms with Crippen LogP contribution in [0.1, 0.15) is 262 Å². The summed E-state index contributed by atoms with van der Waals surface area (Å²) in [6, 6.07) is 2.32. The van der Waals surface area contributed by atoms with E-state index in [4.69, 9.17) is 14.2 Å². The number of carboxylic acid groups (broad SMARTS) is 1. The van der Waals surface area contributed by atoms with Gasteiger partial charge < -0.3 is 19.3 Å². The van der Waals surface area contributed by atoms with Crippen molar-refractivity contribution < 1.29 is 38.5 Å². The maximum atomic E-state index is 13.3. The SMILES string of the molecule is CCCCC/C=C\C/C=C\CCCCCCCC(=O)Oc1cc(C(=O)O)cc(OC(=O)CCCCCCC/C=C\C/C=C\CCCCC)c1OC(=O)CCCCCCC/C=C\C/C=C\CCCCC. The number of esters is 3. The van der Waals surface area contributed by atoms with Gasteiger partial charge in [0.05, 0.1) is 5.56 Å². The van der Waals surface area contributed by atoms with Gasteiger partial charge in [0.1, 0.15) is 0 Å². The molecule has 0 aliphatic carbocycles. The third-order valence-electron chi connectivity index (χ3n) is 11.9. The summed E-state index contributed by atoms with van der Waals surface area (Å²) in [5, 5.41) is 9.97. The minimum atomic E-state index is -1.30. The van der Waals surface area contributed by atoms with Crippen LogP contribution in [0.2, 0.25) is 0 Å². The lowest BCUT2D eigenvalue weighted by atomic mass is 10.1. The van der Waals surface area contributed by atoms with Gasteiger partial charge in [-0.05, 0) is 128 Å². The van der Waals surface area contributed by atoms with Crippen LogP contribution in [-0.4, -0.2) is 29.0 Å². The number of carbonyl (C=O) groups is 4. The van der Waals surface area contributed by atoms with E-state index >= 15 is 0 Å². The fourth-order valence-electron chi connectivity index (χ4n) is 7.71. The molecule has 69 heavy (non-hydrogen) atoms. The van der Waals surface area contributed by atoms with Gasteiger partial charge in [0.15, 0.2) is 11.5 Å². The summed E-state index contributed by atoms with van der Waals surface area (Å²) >= 11 is 0. The van der Waals surface area contributed by atoms with Crippen molar-refractivity contribution in [3.63, 3.8) is 0 Å². The first-order chi connectivity index (χ1) is 33.8. The van der Waals surface area contributed by atoms with Crippen molar-refractivity contribution in [1.29, 1.82) is 0 Å². The van der Waals surface area contributed by atoms with Crippen LogP contribution >= 0.6 is 0 Å². The summed E-state index contributed by atoms with van der Waals surface area (Å²) < 4.78 is 17.2. The molecule has 1 aromatic rings. The number of ether oxygens (including phenoxy) is 3. The van der Waals surface area contributed by atoms with Crippen LogP contribution in [-0.2, 0) is 14.4 Å². The summed E-state index contributed by atoms with van der Waals surface area (Å²) in [5.74, 6) is -3.73. The minimum absolute atomic E-state index is 0.114. The van der Waals surface area contributed by atoms with Crippen LogP contribution < -0.4 is 14.2 Å². The predicted molar refractivity (Wildman–Crippen MR) is 288 cm³/mol. The Labute approximate surface area is 420 Å². The number of hydrogen-bond acceptors (Lipinski definition) is 7. The molecule has 0 fully saturated rings. The van der Waals surface area contributed by atoms with Gasteiger partial charge in [-0.1, -0.05) is 190 Å². The van der Waals surface area contributed by atoms with E-state index in [-0.39, 0.29) is 42.1 Å². The molecule has 0 aromatic heterocycles. The van der Waals surface area contributed by atoms with Gasteiger partial charge >= 0.3 is 23.9 Å². The zero-order chi connectivity index (χ0) is 50.1. The van der Waals surface area contributed by atoms with Crippen molar-refractivity contribution in [2.75, 3.05) is 0 Å². The second-order valence-electron chi connectivity index (χ2n) is 18.5. The molecule has 8 nitrogen and oxygen atoms in total. The van der Waals surface area contributed by atoms with Crippen molar-refractivity contribution in [1.82, 2.24) is 0 Å². The molecule has 0 saturated carbocycles. The van der Waals surface area contributed by atoms with Gasteiger partial charge in [0, 0.05) is 19.3 Å². The van der Waals surface area contributed by atoms with E-state index in [2.05, 4.69) is 93.7 Å². The van der Waals surface area contributed by atoms with Crippen molar-refractivity contribution in [3.05, 3.63) is 90.6 Å². The Morgan fingerprint density at radius 1 is 0.362 bits per heavy atom. The minimum Gasteiger partial charge on any atom is -0.478 e. The normalized spacial score (nSPS) is 12.0. The summed E-state index contributed by atoms with van der Waals surface area (Å²) in [5.41, 5.74) is -0.247. The van der Waals surface area contributed by atoms with E-state index < -0.39 is 23.9 Å². The van der Waals surface area contributed by atoms with Crippen molar-refractivity contribution >= 4 is 23.9 Å². The topological polar surface area (TPSA) is 116 Å². The second-order valence-corrected chi connectivity index (χ2v) is 18.5. The average molecular weight is 957 g/mol. The van der Waals surface area contributed by atoms with E-state index in [1.807, 2.05) is 0 Å². The van der Waals surface area contributed by atoms with Crippen LogP contribution in [0.5, 0.6) is 17.2 Å². The number of rotatable bonds is 46. The summed E-state index contributed by atoms with van der Waals surface area (Å²) in [4.78, 5) is 51.8. The first-order valence-electron chi connectivity index (χ1n) is 27.8. The van der Waals surface area contributed by atoms with Gasteiger partial charge in [0.25, 0.3) is 0 Å². The predicted octanol–water partition coefficient (Wildman–Crippen LogP) is 18.5. The average Bonchev–Trinajstić information content (AvgIpc) is 3.33. The van der Waals surface area contributed by atoms with Crippen molar-refractivity contribution in [2.45, 2.75) is 252 Å². The number of benzene rings is 1. The van der Waals surface area contributed by atoms with Gasteiger partial charge in [-0.15, -0.1) is 0 Å². The zero-order valence-corrected chi connectivity index (χ0v) is 43.8. The summed E-state index contributed by atoms with van der Waals surface area (Å²) in [7, 11) is 0. The van der Waals surface area contributed by atoms with Gasteiger partial charge in [-0.3, -0.25) is 14.4 Å². The molecule has 0 bridgehead atoms. The maximum Gasteiger partial charge on any atom is 0.335 e. The third-order valence-corrected chi connectivity index (χ3v) is 11.9. The molecule has 0 amide bonds. The molecule has 0 aliphatic heterocycles. The zero-order valence-electron chi connectivity index (χ0n) is 43.8. The van der Waals surface area contributed by atoms with Crippen molar-refractivity contribution in [2.24, 2.45) is 0 Å². The fraction of sp³-hybridized carbons (Fsp3) is 0.639. The molecular weight excluding hydrogens is 861 g/mol. The molecule has 1 rings (SSSR count). The van der Waals surface area contributed by atoms with Crippen LogP contribution in [0.3, 0.4) is 0 Å². The van der Waals surface area contributed by atoms with Gasteiger partial charge in [0.2, 0.25) is 5.75 Å². The molecule has 1 aromatic carbocycles. The monoisotopic (exact) mass is 957 g/mol. The Morgan fingerprint density at radius 3 is 0.913 bits per heavy atom. The molecule has 0 saturated heterocycles. The number of carbonyl (C=O) groups excluding carboxylic acids is 3. The molecule has 388 valence electrons. The number of unbranched alkanes of at least 4 members (excludes halogenated alkanes) is 24. The molecular formula is C61H96O8. The van der Waals surface area contributed by atoms with Crippen molar-refractivity contribution in [3.8, 4) is 17.2 Å². The maximum absolute atomic E-state index is 13.3. The standard InChI is InChI=1S/C61H96O8/c1-4-7-10-13-16-19-22-25-28-31-34-37-40-43-46-49-57(62)67-55-52-54(61(65)66)53-56(68-58(63)50-47-44-41-38-35-32-29-26-23-20-17-14-11-8-5-2)60(55)69-59(64)51-48-45-42-39-36-33-30-27-24-21-18-15-12-9-6-3/h16-21,25-30,52-53H,4-15,22-24,31-51H2,1-3H3,(H,65,66)/b19-16-,20-17-,21-18-,28-25-,29-26-,30-27-. The molecule has 0 heterocycles. The molecule has 1 N–H and O–H groups in total. The Morgan fingerprint density at radius 2 is 0.623 bits per heavy atom. The number of aromatic carboxylic acids is 1. The Hall–Kier alpha value is -4.46. The number of carboxylic acids is 1. The highest BCUT2D eigenvalue weighted by Gasteiger charge is 2.24. The lowest BCUT2D eigenvalue weighted by Gasteiger charge is -2.16. The van der Waals surface area contributed by atoms with E-state index in [1.165, 1.54) is 57.8 Å². The van der Waals surface area contributed by atoms with E-state index in [0.717, 1.165) is 147 Å².